The number of rotatable bonds is 5. The average Bonchev–Trinajstić information content (AvgIpc) is 3.62. The Hall–Kier alpha value is -2.93. The van der Waals surface area contributed by atoms with Crippen LogP contribution < -0.4 is 0 Å². The average molecular weight is 525 g/mol. The number of aliphatic carboxylic acids is 1. The van der Waals surface area contributed by atoms with Crippen LogP contribution in [0, 0.1) is 11.8 Å². The minimum atomic E-state index is -0.860. The molecule has 0 spiro atoms. The predicted octanol–water partition coefficient (Wildman–Crippen LogP) is 5.82. The SMILES string of the molecule is CC(C)(C)OC(=O)C1CC=C(c2nn(C(=O)c3c(Cl)cccc3C3CC3)c3c2CC[C@H](C(=O)O)C3)CC1. The van der Waals surface area contributed by atoms with Crippen molar-refractivity contribution in [1.29, 1.82) is 0 Å². The quantitative estimate of drug-likeness (QED) is 0.495. The highest BCUT2D eigenvalue weighted by Gasteiger charge is 2.36. The Labute approximate surface area is 221 Å². The summed E-state index contributed by atoms with van der Waals surface area (Å²) in [7, 11) is 0. The molecule has 1 fully saturated rings. The van der Waals surface area contributed by atoms with Gasteiger partial charge < -0.3 is 9.84 Å². The van der Waals surface area contributed by atoms with Gasteiger partial charge in [-0.2, -0.15) is 9.78 Å². The highest BCUT2D eigenvalue weighted by molar-refractivity contribution is 6.34. The summed E-state index contributed by atoms with van der Waals surface area (Å²) in [5.41, 5.74) is 4.21. The van der Waals surface area contributed by atoms with Gasteiger partial charge >= 0.3 is 11.9 Å². The summed E-state index contributed by atoms with van der Waals surface area (Å²) in [6.45, 7) is 5.59. The second kappa shape index (κ2) is 9.75. The molecule has 1 N–H and O–H groups in total. The molecule has 0 saturated heterocycles. The molecule has 0 aliphatic heterocycles. The molecule has 0 bridgehead atoms. The molecule has 2 aromatic rings. The van der Waals surface area contributed by atoms with Gasteiger partial charge in [-0.25, -0.2) is 0 Å². The number of esters is 1. The monoisotopic (exact) mass is 524 g/mol. The summed E-state index contributed by atoms with van der Waals surface area (Å²) < 4.78 is 6.98. The molecule has 2 atom stereocenters. The second-order valence-electron chi connectivity index (χ2n) is 11.5. The van der Waals surface area contributed by atoms with Crippen molar-refractivity contribution in [2.24, 2.45) is 11.8 Å². The van der Waals surface area contributed by atoms with E-state index in [0.29, 0.717) is 54.3 Å². The number of hydrogen-bond acceptors (Lipinski definition) is 5. The van der Waals surface area contributed by atoms with Gasteiger partial charge in [0.05, 0.1) is 33.8 Å². The third-order valence-corrected chi connectivity index (χ3v) is 7.86. The number of carbonyl (C=O) groups is 3. The number of halogens is 1. The lowest BCUT2D eigenvalue weighted by Crippen LogP contribution is -2.29. The molecule has 0 radical (unpaired) electrons. The van der Waals surface area contributed by atoms with E-state index in [1.165, 1.54) is 4.68 Å². The lowest BCUT2D eigenvalue weighted by molar-refractivity contribution is -0.160. The van der Waals surface area contributed by atoms with Crippen molar-refractivity contribution in [3.63, 3.8) is 0 Å². The van der Waals surface area contributed by atoms with E-state index in [1.807, 2.05) is 39.0 Å². The zero-order chi connectivity index (χ0) is 26.5. The normalized spacial score (nSPS) is 21.7. The van der Waals surface area contributed by atoms with Crippen molar-refractivity contribution in [1.82, 2.24) is 9.78 Å². The molecule has 8 heteroatoms. The van der Waals surface area contributed by atoms with Crippen molar-refractivity contribution in [3.8, 4) is 0 Å². The Kier molecular flexibility index (Phi) is 6.77. The van der Waals surface area contributed by atoms with Gasteiger partial charge in [-0.05, 0) is 88.8 Å². The first-order valence-electron chi connectivity index (χ1n) is 13.1. The molecule has 3 aliphatic rings. The lowest BCUT2D eigenvalue weighted by Gasteiger charge is -2.26. The number of allylic oxidation sites excluding steroid dienone is 2. The van der Waals surface area contributed by atoms with E-state index < -0.39 is 17.5 Å². The molecule has 7 nitrogen and oxygen atoms in total. The Morgan fingerprint density at radius 1 is 1.08 bits per heavy atom. The fraction of sp³-hybridized carbons (Fsp3) is 0.517. The van der Waals surface area contributed by atoms with E-state index in [-0.39, 0.29) is 24.2 Å². The molecule has 196 valence electrons. The molecule has 3 aliphatic carbocycles. The number of hydrogen-bond donors (Lipinski definition) is 1. The summed E-state index contributed by atoms with van der Waals surface area (Å²) in [5.74, 6) is -1.80. The maximum absolute atomic E-state index is 13.9. The fourth-order valence-electron chi connectivity index (χ4n) is 5.50. The summed E-state index contributed by atoms with van der Waals surface area (Å²) in [6.07, 6.45) is 7.21. The number of carboxylic acid groups (broad SMARTS) is 1. The second-order valence-corrected chi connectivity index (χ2v) is 11.9. The number of carbonyl (C=O) groups excluding carboxylic acids is 2. The van der Waals surface area contributed by atoms with Crippen molar-refractivity contribution in [2.45, 2.75) is 83.7 Å². The van der Waals surface area contributed by atoms with Gasteiger partial charge in [0, 0.05) is 12.0 Å². The van der Waals surface area contributed by atoms with Gasteiger partial charge in [0.1, 0.15) is 5.60 Å². The predicted molar refractivity (Wildman–Crippen MR) is 140 cm³/mol. The van der Waals surface area contributed by atoms with Gasteiger partial charge in [-0.15, -0.1) is 0 Å². The van der Waals surface area contributed by atoms with Crippen LogP contribution in [0.4, 0.5) is 0 Å². The van der Waals surface area contributed by atoms with Crippen molar-refractivity contribution in [2.75, 3.05) is 0 Å². The molecule has 37 heavy (non-hydrogen) atoms. The summed E-state index contributed by atoms with van der Waals surface area (Å²) in [5, 5.41) is 14.9. The Morgan fingerprint density at radius 2 is 1.81 bits per heavy atom. The third kappa shape index (κ3) is 5.24. The van der Waals surface area contributed by atoms with Gasteiger partial charge in [0.2, 0.25) is 0 Å². The van der Waals surface area contributed by atoms with Crippen LogP contribution in [0.15, 0.2) is 24.3 Å². The first-order valence-corrected chi connectivity index (χ1v) is 13.5. The van der Waals surface area contributed by atoms with Crippen LogP contribution in [0.25, 0.3) is 5.57 Å². The molecule has 1 heterocycles. The topological polar surface area (TPSA) is 98.5 Å². The number of benzene rings is 1. The molecule has 1 aromatic carbocycles. The van der Waals surface area contributed by atoms with Crippen molar-refractivity contribution >= 4 is 35.0 Å². The van der Waals surface area contributed by atoms with E-state index in [4.69, 9.17) is 21.4 Å². The number of carboxylic acids is 1. The van der Waals surface area contributed by atoms with E-state index in [0.717, 1.165) is 35.2 Å². The van der Waals surface area contributed by atoms with Crippen molar-refractivity contribution in [3.05, 3.63) is 57.4 Å². The van der Waals surface area contributed by atoms with Gasteiger partial charge in [-0.3, -0.25) is 14.4 Å². The van der Waals surface area contributed by atoms with E-state index in [2.05, 4.69) is 0 Å². The smallest absolute Gasteiger partial charge is 0.309 e. The highest BCUT2D eigenvalue weighted by Crippen LogP contribution is 2.44. The van der Waals surface area contributed by atoms with Crippen LogP contribution in [0.5, 0.6) is 0 Å². The van der Waals surface area contributed by atoms with Crippen LogP contribution in [0.1, 0.15) is 98.1 Å². The molecule has 1 saturated carbocycles. The minimum absolute atomic E-state index is 0.193. The number of aromatic nitrogens is 2. The van der Waals surface area contributed by atoms with E-state index >= 15 is 0 Å². The number of nitrogens with zero attached hydrogens (tertiary/aromatic N) is 2. The summed E-state index contributed by atoms with van der Waals surface area (Å²) in [6, 6.07) is 5.54. The van der Waals surface area contributed by atoms with E-state index in [9.17, 15) is 19.5 Å². The van der Waals surface area contributed by atoms with Gasteiger partial charge in [-0.1, -0.05) is 29.8 Å². The molecule has 1 unspecified atom stereocenters. The largest absolute Gasteiger partial charge is 0.481 e. The Bertz CT molecular complexity index is 1300. The lowest BCUT2D eigenvalue weighted by atomic mass is 9.82. The zero-order valence-electron chi connectivity index (χ0n) is 21.6. The summed E-state index contributed by atoms with van der Waals surface area (Å²) in [4.78, 5) is 38.3. The fourth-order valence-corrected chi connectivity index (χ4v) is 5.77. The first-order chi connectivity index (χ1) is 17.5. The summed E-state index contributed by atoms with van der Waals surface area (Å²) >= 11 is 6.54. The molecule has 1 aromatic heterocycles. The third-order valence-electron chi connectivity index (χ3n) is 7.55. The van der Waals surface area contributed by atoms with Crippen LogP contribution >= 0.6 is 11.6 Å². The minimum Gasteiger partial charge on any atom is -0.481 e. The number of ether oxygens (including phenoxy) is 1. The maximum atomic E-state index is 13.9. The first kappa shape index (κ1) is 25.7. The van der Waals surface area contributed by atoms with Crippen LogP contribution in [-0.4, -0.2) is 38.3 Å². The zero-order valence-corrected chi connectivity index (χ0v) is 22.3. The molecule has 0 amide bonds. The van der Waals surface area contributed by atoms with Gasteiger partial charge in [0.15, 0.2) is 0 Å². The maximum Gasteiger partial charge on any atom is 0.309 e. The Balaban J connectivity index is 1.51. The molecule has 5 rings (SSSR count). The van der Waals surface area contributed by atoms with Crippen molar-refractivity contribution < 1.29 is 24.2 Å². The van der Waals surface area contributed by atoms with Crippen LogP contribution in [0.2, 0.25) is 5.02 Å². The Morgan fingerprint density at radius 3 is 2.43 bits per heavy atom. The van der Waals surface area contributed by atoms with Crippen LogP contribution in [0.3, 0.4) is 0 Å². The number of fused-ring (bicyclic) bond motifs is 1. The van der Waals surface area contributed by atoms with Gasteiger partial charge in [0.25, 0.3) is 5.91 Å². The molecular weight excluding hydrogens is 492 g/mol. The highest BCUT2D eigenvalue weighted by atomic mass is 35.5. The standard InChI is InChI=1S/C29H33ClN2O5/c1-29(2,3)37-28(36)18-11-9-17(10-12-18)25-21-14-13-19(27(34)35)15-23(21)32(31-25)26(33)24-20(16-7-8-16)5-4-6-22(24)30/h4-6,9,16,18-19H,7-8,10-15H2,1-3H3,(H,34,35)/t18?,19-/m0/s1. The van der Waals surface area contributed by atoms with Crippen LogP contribution in [-0.2, 0) is 27.2 Å². The molecular formula is C29H33ClN2O5. The van der Waals surface area contributed by atoms with E-state index in [1.54, 1.807) is 6.07 Å².